The first-order valence-electron chi connectivity index (χ1n) is 8.92. The number of para-hydroxylation sites is 1. The van der Waals surface area contributed by atoms with Crippen LogP contribution in [0.5, 0.6) is 0 Å². The number of nitriles is 1. The molecule has 0 amide bonds. The second kappa shape index (κ2) is 9.36. The average molecular weight is 379 g/mol. The summed E-state index contributed by atoms with van der Waals surface area (Å²) >= 11 is 1.53. The Bertz CT molecular complexity index is 1010. The zero-order valence-electron chi connectivity index (χ0n) is 15.2. The molecule has 0 fully saturated rings. The van der Waals surface area contributed by atoms with Crippen LogP contribution in [0.3, 0.4) is 0 Å². The van der Waals surface area contributed by atoms with Crippen molar-refractivity contribution in [2.24, 2.45) is 0 Å². The number of ether oxygens (including phenoxy) is 1. The Morgan fingerprint density at radius 3 is 2.70 bits per heavy atom. The fraction of sp³-hybridized carbons (Fsp3) is 0.286. The van der Waals surface area contributed by atoms with Crippen LogP contribution in [0.4, 0.5) is 0 Å². The summed E-state index contributed by atoms with van der Waals surface area (Å²) in [6, 6.07) is 17.0. The smallest absolute Gasteiger partial charge is 0.262 e. The molecular weight excluding hydrogens is 358 g/mol. The van der Waals surface area contributed by atoms with Crippen molar-refractivity contribution in [2.75, 3.05) is 13.2 Å². The summed E-state index contributed by atoms with van der Waals surface area (Å²) in [5.74, 6) is 0.682. The van der Waals surface area contributed by atoms with Crippen LogP contribution in [0, 0.1) is 11.3 Å². The molecule has 1 aromatic heterocycles. The molecule has 27 heavy (non-hydrogen) atoms. The van der Waals surface area contributed by atoms with E-state index in [1.807, 2.05) is 43.3 Å². The van der Waals surface area contributed by atoms with E-state index in [9.17, 15) is 4.79 Å². The Hall–Kier alpha value is -2.62. The fourth-order valence-electron chi connectivity index (χ4n) is 2.75. The van der Waals surface area contributed by atoms with Crippen LogP contribution in [0.1, 0.15) is 24.5 Å². The number of nitrogens with zero attached hydrogens (tertiary/aromatic N) is 3. The number of hydrogen-bond acceptors (Lipinski definition) is 5. The van der Waals surface area contributed by atoms with E-state index in [4.69, 9.17) is 15.0 Å². The van der Waals surface area contributed by atoms with Gasteiger partial charge in [-0.2, -0.15) is 5.26 Å². The molecule has 5 nitrogen and oxygen atoms in total. The zero-order valence-corrected chi connectivity index (χ0v) is 16.0. The summed E-state index contributed by atoms with van der Waals surface area (Å²) < 4.78 is 7.15. The van der Waals surface area contributed by atoms with E-state index >= 15 is 0 Å². The minimum atomic E-state index is -0.0144. The Morgan fingerprint density at radius 2 is 1.96 bits per heavy atom. The van der Waals surface area contributed by atoms with Gasteiger partial charge in [-0.1, -0.05) is 36.0 Å². The minimum Gasteiger partial charge on any atom is -0.382 e. The first kappa shape index (κ1) is 19.2. The molecule has 138 valence electrons. The van der Waals surface area contributed by atoms with Crippen molar-refractivity contribution in [2.45, 2.75) is 30.8 Å². The number of aromatic nitrogens is 2. The SMILES string of the molecule is CCOCCCn1c(SCc2ccc(C#N)cc2)nc2ccccc2c1=O. The van der Waals surface area contributed by atoms with Crippen molar-refractivity contribution in [3.8, 4) is 6.07 Å². The second-order valence-corrected chi connectivity index (χ2v) is 6.96. The zero-order chi connectivity index (χ0) is 19.1. The molecule has 3 aromatic rings. The van der Waals surface area contributed by atoms with Crippen LogP contribution in [-0.4, -0.2) is 22.8 Å². The standard InChI is InChI=1S/C21H21N3O2S/c1-2-26-13-5-12-24-20(25)18-6-3-4-7-19(18)23-21(24)27-15-17-10-8-16(14-22)9-11-17/h3-4,6-11H,2,5,12-13,15H2,1H3. The van der Waals surface area contributed by atoms with E-state index in [1.165, 1.54) is 11.8 Å². The highest BCUT2D eigenvalue weighted by molar-refractivity contribution is 7.98. The molecule has 0 aliphatic rings. The van der Waals surface area contributed by atoms with Crippen molar-refractivity contribution < 1.29 is 4.74 Å². The fourth-order valence-corrected chi connectivity index (χ4v) is 3.73. The molecule has 0 N–H and O–H groups in total. The van der Waals surface area contributed by atoms with Crippen LogP contribution in [-0.2, 0) is 17.0 Å². The Morgan fingerprint density at radius 1 is 1.19 bits per heavy atom. The summed E-state index contributed by atoms with van der Waals surface area (Å²) in [5.41, 5.74) is 2.42. The molecule has 6 heteroatoms. The second-order valence-electron chi connectivity index (χ2n) is 6.02. The van der Waals surface area contributed by atoms with E-state index < -0.39 is 0 Å². The lowest BCUT2D eigenvalue weighted by Gasteiger charge is -2.13. The first-order chi connectivity index (χ1) is 13.2. The maximum Gasteiger partial charge on any atom is 0.262 e. The van der Waals surface area contributed by atoms with Gasteiger partial charge in [0.15, 0.2) is 5.16 Å². The highest BCUT2D eigenvalue weighted by Crippen LogP contribution is 2.22. The predicted octanol–water partition coefficient (Wildman–Crippen LogP) is 3.99. The molecule has 2 aromatic carbocycles. The minimum absolute atomic E-state index is 0.0144. The van der Waals surface area contributed by atoms with Gasteiger partial charge in [-0.25, -0.2) is 4.98 Å². The van der Waals surface area contributed by atoms with Crippen molar-refractivity contribution in [3.63, 3.8) is 0 Å². The average Bonchev–Trinajstić information content (AvgIpc) is 2.71. The Balaban J connectivity index is 1.86. The molecule has 0 bridgehead atoms. The van der Waals surface area contributed by atoms with E-state index in [0.717, 1.165) is 12.0 Å². The van der Waals surface area contributed by atoms with Gasteiger partial charge >= 0.3 is 0 Å². The van der Waals surface area contributed by atoms with Crippen LogP contribution in [0.25, 0.3) is 10.9 Å². The normalized spacial score (nSPS) is 10.8. The molecule has 0 saturated heterocycles. The third kappa shape index (κ3) is 4.76. The van der Waals surface area contributed by atoms with Gasteiger partial charge in [0.05, 0.1) is 22.5 Å². The van der Waals surface area contributed by atoms with Crippen molar-refractivity contribution >= 4 is 22.7 Å². The first-order valence-corrected chi connectivity index (χ1v) is 9.90. The number of benzene rings is 2. The molecule has 0 aliphatic carbocycles. The maximum atomic E-state index is 12.9. The molecule has 0 radical (unpaired) electrons. The molecule has 0 saturated carbocycles. The van der Waals surface area contributed by atoms with Crippen molar-refractivity contribution in [3.05, 3.63) is 70.0 Å². The van der Waals surface area contributed by atoms with E-state index in [2.05, 4.69) is 6.07 Å². The molecule has 1 heterocycles. The van der Waals surface area contributed by atoms with Crippen LogP contribution < -0.4 is 5.56 Å². The van der Waals surface area contributed by atoms with Crippen LogP contribution in [0.2, 0.25) is 0 Å². The quantitative estimate of drug-likeness (QED) is 0.336. The van der Waals surface area contributed by atoms with E-state index in [1.54, 1.807) is 16.7 Å². The summed E-state index contributed by atoms with van der Waals surface area (Å²) in [4.78, 5) is 17.7. The number of thioether (sulfide) groups is 1. The Kier molecular flexibility index (Phi) is 6.64. The molecule has 0 aliphatic heterocycles. The van der Waals surface area contributed by atoms with Gasteiger partial charge in [0, 0.05) is 25.5 Å². The number of fused-ring (bicyclic) bond motifs is 1. The van der Waals surface area contributed by atoms with Gasteiger partial charge < -0.3 is 4.74 Å². The van der Waals surface area contributed by atoms with Gasteiger partial charge in [0.2, 0.25) is 0 Å². The Labute approximate surface area is 162 Å². The number of rotatable bonds is 8. The lowest BCUT2D eigenvalue weighted by atomic mass is 10.2. The van der Waals surface area contributed by atoms with Gasteiger partial charge in [0.1, 0.15) is 0 Å². The number of hydrogen-bond donors (Lipinski definition) is 0. The van der Waals surface area contributed by atoms with Gasteiger partial charge in [-0.05, 0) is 43.2 Å². The van der Waals surface area contributed by atoms with Gasteiger partial charge in [-0.3, -0.25) is 9.36 Å². The van der Waals surface area contributed by atoms with Crippen molar-refractivity contribution in [1.29, 1.82) is 5.26 Å². The summed E-state index contributed by atoms with van der Waals surface area (Å²) in [7, 11) is 0. The van der Waals surface area contributed by atoms with E-state index in [0.29, 0.717) is 47.1 Å². The summed E-state index contributed by atoms with van der Waals surface area (Å²) in [6.07, 6.45) is 0.762. The summed E-state index contributed by atoms with van der Waals surface area (Å²) in [5, 5.41) is 10.3. The van der Waals surface area contributed by atoms with E-state index in [-0.39, 0.29) is 5.56 Å². The lowest BCUT2D eigenvalue weighted by molar-refractivity contribution is 0.140. The van der Waals surface area contributed by atoms with Crippen LogP contribution >= 0.6 is 11.8 Å². The summed E-state index contributed by atoms with van der Waals surface area (Å²) in [6.45, 7) is 3.83. The molecule has 0 unspecified atom stereocenters. The van der Waals surface area contributed by atoms with Gasteiger partial charge in [-0.15, -0.1) is 0 Å². The van der Waals surface area contributed by atoms with Crippen LogP contribution in [0.15, 0.2) is 58.5 Å². The maximum absolute atomic E-state index is 12.9. The third-order valence-corrected chi connectivity index (χ3v) is 5.20. The molecule has 0 atom stereocenters. The molecule has 0 spiro atoms. The molecular formula is C21H21N3O2S. The topological polar surface area (TPSA) is 67.9 Å². The molecule has 3 rings (SSSR count). The van der Waals surface area contributed by atoms with Crippen molar-refractivity contribution in [1.82, 2.24) is 9.55 Å². The highest BCUT2D eigenvalue weighted by Gasteiger charge is 2.11. The monoisotopic (exact) mass is 379 g/mol. The highest BCUT2D eigenvalue weighted by atomic mass is 32.2. The van der Waals surface area contributed by atoms with Gasteiger partial charge in [0.25, 0.3) is 5.56 Å². The predicted molar refractivity (Wildman–Crippen MR) is 108 cm³/mol. The third-order valence-electron chi connectivity index (χ3n) is 4.15. The lowest BCUT2D eigenvalue weighted by Crippen LogP contribution is -2.24. The largest absolute Gasteiger partial charge is 0.382 e.